The molecule has 0 aromatic heterocycles. The molecule has 1 heterocycles. The number of hydrogen-bond donors (Lipinski definition) is 1. The number of carbonyl (C=O) groups excluding carboxylic acids is 1. The minimum Gasteiger partial charge on any atom is -0.343 e. The zero-order valence-electron chi connectivity index (χ0n) is 12.6. The number of likely N-dealkylation sites (tertiary alicyclic amines) is 1. The van der Waals surface area contributed by atoms with Crippen molar-refractivity contribution in [3.8, 4) is 0 Å². The van der Waals surface area contributed by atoms with Crippen molar-refractivity contribution < 1.29 is 4.79 Å². The number of amides is 1. The van der Waals surface area contributed by atoms with Gasteiger partial charge in [-0.1, -0.05) is 6.42 Å². The van der Waals surface area contributed by atoms with E-state index in [1.807, 2.05) is 7.05 Å². The molecule has 3 nitrogen and oxygen atoms in total. The van der Waals surface area contributed by atoms with Crippen molar-refractivity contribution in [2.45, 2.75) is 44.9 Å². The lowest BCUT2D eigenvalue weighted by Gasteiger charge is -2.33. The van der Waals surface area contributed by atoms with Crippen molar-refractivity contribution in [1.29, 1.82) is 0 Å². The first-order valence-corrected chi connectivity index (χ1v) is 8.18. The molecular formula is C16H29ClN2O. The van der Waals surface area contributed by atoms with Gasteiger partial charge >= 0.3 is 0 Å². The normalized spacial score (nSPS) is 33.2. The van der Waals surface area contributed by atoms with Crippen LogP contribution < -0.4 is 5.32 Å². The maximum Gasteiger partial charge on any atom is 0.222 e. The van der Waals surface area contributed by atoms with Crippen molar-refractivity contribution in [2.75, 3.05) is 26.7 Å². The standard InChI is InChI=1S/C16H28N2O.ClH/c1-17-11-12-4-6-18(7-5-12)16(19)10-15-9-13-2-3-14(15)8-13;/h12-15,17H,2-11H2,1H3;1H. The van der Waals surface area contributed by atoms with E-state index in [4.69, 9.17) is 0 Å². The molecule has 2 bridgehead atoms. The fraction of sp³-hybridized carbons (Fsp3) is 0.938. The van der Waals surface area contributed by atoms with Crippen LogP contribution in [0.25, 0.3) is 0 Å². The van der Waals surface area contributed by atoms with E-state index in [1.54, 1.807) is 0 Å². The first-order chi connectivity index (χ1) is 9.26. The van der Waals surface area contributed by atoms with Crippen LogP contribution in [0.3, 0.4) is 0 Å². The third-order valence-corrected chi connectivity index (χ3v) is 5.78. The second-order valence-electron chi connectivity index (χ2n) is 7.02. The van der Waals surface area contributed by atoms with Crippen LogP contribution in [0.15, 0.2) is 0 Å². The molecule has 20 heavy (non-hydrogen) atoms. The summed E-state index contributed by atoms with van der Waals surface area (Å²) in [6, 6.07) is 0. The number of rotatable bonds is 4. The van der Waals surface area contributed by atoms with Gasteiger partial charge in [0.15, 0.2) is 0 Å². The lowest BCUT2D eigenvalue weighted by atomic mass is 9.86. The Morgan fingerprint density at radius 3 is 2.45 bits per heavy atom. The summed E-state index contributed by atoms with van der Waals surface area (Å²) in [5.41, 5.74) is 0. The van der Waals surface area contributed by atoms with Gasteiger partial charge < -0.3 is 10.2 Å². The Morgan fingerprint density at radius 2 is 1.90 bits per heavy atom. The lowest BCUT2D eigenvalue weighted by molar-refractivity contribution is -0.134. The van der Waals surface area contributed by atoms with Gasteiger partial charge in [-0.05, 0) is 69.4 Å². The molecule has 3 unspecified atom stereocenters. The number of hydrogen-bond acceptors (Lipinski definition) is 2. The quantitative estimate of drug-likeness (QED) is 0.866. The van der Waals surface area contributed by atoms with E-state index in [-0.39, 0.29) is 12.4 Å². The molecule has 3 aliphatic rings. The molecule has 3 rings (SSSR count). The van der Waals surface area contributed by atoms with E-state index in [0.29, 0.717) is 5.91 Å². The Morgan fingerprint density at radius 1 is 1.15 bits per heavy atom. The molecule has 0 radical (unpaired) electrons. The number of carbonyl (C=O) groups is 1. The molecule has 2 saturated carbocycles. The molecule has 0 aromatic rings. The molecule has 1 aliphatic heterocycles. The molecule has 1 saturated heterocycles. The third-order valence-electron chi connectivity index (χ3n) is 5.78. The fourth-order valence-corrected chi connectivity index (χ4v) is 4.66. The average Bonchev–Trinajstić information content (AvgIpc) is 3.02. The van der Waals surface area contributed by atoms with Crippen LogP contribution in [0.5, 0.6) is 0 Å². The SMILES string of the molecule is CNCC1CCN(C(=O)CC2CC3CCC2C3)CC1.Cl. The monoisotopic (exact) mass is 300 g/mol. The van der Waals surface area contributed by atoms with Gasteiger partial charge in [-0.3, -0.25) is 4.79 Å². The summed E-state index contributed by atoms with van der Waals surface area (Å²) in [5, 5.41) is 3.26. The van der Waals surface area contributed by atoms with Crippen LogP contribution >= 0.6 is 12.4 Å². The number of halogens is 1. The average molecular weight is 301 g/mol. The molecule has 2 aliphatic carbocycles. The molecule has 1 N–H and O–H groups in total. The second kappa shape index (κ2) is 7.13. The van der Waals surface area contributed by atoms with E-state index >= 15 is 0 Å². The Balaban J connectivity index is 0.00000147. The molecule has 3 atom stereocenters. The van der Waals surface area contributed by atoms with Crippen molar-refractivity contribution >= 4 is 18.3 Å². The van der Waals surface area contributed by atoms with Gasteiger partial charge in [0, 0.05) is 19.5 Å². The molecule has 0 aromatic carbocycles. The number of fused-ring (bicyclic) bond motifs is 2. The summed E-state index contributed by atoms with van der Waals surface area (Å²) in [5.74, 6) is 3.79. The zero-order valence-corrected chi connectivity index (χ0v) is 13.5. The van der Waals surface area contributed by atoms with Gasteiger partial charge in [0.1, 0.15) is 0 Å². The Kier molecular flexibility index (Phi) is 5.74. The first kappa shape index (κ1) is 16.1. The number of piperidine rings is 1. The van der Waals surface area contributed by atoms with Crippen LogP contribution in [-0.2, 0) is 4.79 Å². The minimum absolute atomic E-state index is 0. The van der Waals surface area contributed by atoms with Crippen LogP contribution in [-0.4, -0.2) is 37.5 Å². The van der Waals surface area contributed by atoms with Gasteiger partial charge in [-0.2, -0.15) is 0 Å². The summed E-state index contributed by atoms with van der Waals surface area (Å²) in [4.78, 5) is 14.5. The largest absolute Gasteiger partial charge is 0.343 e. The summed E-state index contributed by atoms with van der Waals surface area (Å²) >= 11 is 0. The second-order valence-corrected chi connectivity index (χ2v) is 7.02. The molecule has 3 fully saturated rings. The molecule has 0 spiro atoms. The molecular weight excluding hydrogens is 272 g/mol. The minimum atomic E-state index is 0. The van der Waals surface area contributed by atoms with Crippen LogP contribution in [0.4, 0.5) is 0 Å². The molecule has 116 valence electrons. The van der Waals surface area contributed by atoms with Gasteiger partial charge in [0.2, 0.25) is 5.91 Å². The lowest BCUT2D eigenvalue weighted by Crippen LogP contribution is -2.41. The topological polar surface area (TPSA) is 32.3 Å². The Bertz CT molecular complexity index is 328. The Labute approximate surface area is 129 Å². The number of nitrogens with one attached hydrogen (secondary N) is 1. The predicted molar refractivity (Wildman–Crippen MR) is 84.0 cm³/mol. The van der Waals surface area contributed by atoms with Gasteiger partial charge in [0.05, 0.1) is 0 Å². The first-order valence-electron chi connectivity index (χ1n) is 8.18. The zero-order chi connectivity index (χ0) is 13.2. The third kappa shape index (κ3) is 3.48. The maximum atomic E-state index is 12.4. The van der Waals surface area contributed by atoms with Crippen LogP contribution in [0.2, 0.25) is 0 Å². The van der Waals surface area contributed by atoms with Crippen molar-refractivity contribution in [3.63, 3.8) is 0 Å². The van der Waals surface area contributed by atoms with Gasteiger partial charge in [0.25, 0.3) is 0 Å². The van der Waals surface area contributed by atoms with E-state index < -0.39 is 0 Å². The van der Waals surface area contributed by atoms with Crippen molar-refractivity contribution in [3.05, 3.63) is 0 Å². The van der Waals surface area contributed by atoms with E-state index in [2.05, 4.69) is 10.2 Å². The highest BCUT2D eigenvalue weighted by Crippen LogP contribution is 2.49. The molecule has 1 amide bonds. The predicted octanol–water partition coefficient (Wildman–Crippen LogP) is 2.69. The van der Waals surface area contributed by atoms with Gasteiger partial charge in [-0.15, -0.1) is 12.4 Å². The van der Waals surface area contributed by atoms with Crippen LogP contribution in [0, 0.1) is 23.7 Å². The fourth-order valence-electron chi connectivity index (χ4n) is 4.66. The maximum absolute atomic E-state index is 12.4. The van der Waals surface area contributed by atoms with E-state index in [9.17, 15) is 4.79 Å². The van der Waals surface area contributed by atoms with Gasteiger partial charge in [-0.25, -0.2) is 0 Å². The summed E-state index contributed by atoms with van der Waals surface area (Å²) in [6.07, 6.45) is 8.80. The highest BCUT2D eigenvalue weighted by atomic mass is 35.5. The van der Waals surface area contributed by atoms with E-state index in [1.165, 1.54) is 38.5 Å². The summed E-state index contributed by atoms with van der Waals surface area (Å²) < 4.78 is 0. The smallest absolute Gasteiger partial charge is 0.222 e. The highest BCUT2D eigenvalue weighted by molar-refractivity contribution is 5.85. The van der Waals surface area contributed by atoms with E-state index in [0.717, 1.165) is 49.7 Å². The van der Waals surface area contributed by atoms with Crippen molar-refractivity contribution in [1.82, 2.24) is 10.2 Å². The van der Waals surface area contributed by atoms with Crippen molar-refractivity contribution in [2.24, 2.45) is 23.7 Å². The Hall–Kier alpha value is -0.280. The summed E-state index contributed by atoms with van der Waals surface area (Å²) in [6.45, 7) is 3.09. The molecule has 4 heteroatoms. The highest BCUT2D eigenvalue weighted by Gasteiger charge is 2.40. The van der Waals surface area contributed by atoms with Crippen LogP contribution in [0.1, 0.15) is 44.9 Å². The number of nitrogens with zero attached hydrogens (tertiary/aromatic N) is 1. The summed E-state index contributed by atoms with van der Waals surface area (Å²) in [7, 11) is 2.02.